The number of para-hydroxylation sites is 1. The Morgan fingerprint density at radius 1 is 1.20 bits per heavy atom. The number of imidazole rings is 1. The molecule has 0 atom stereocenters. The Hall–Kier alpha value is -3.14. The fourth-order valence-electron chi connectivity index (χ4n) is 3.22. The maximum atomic E-state index is 11.3. The zero-order valence-corrected chi connectivity index (χ0v) is 18.8. The summed E-state index contributed by atoms with van der Waals surface area (Å²) in [6.45, 7) is 2.15. The molecular weight excluding hydrogens is 493 g/mol. The summed E-state index contributed by atoms with van der Waals surface area (Å²) in [5, 5.41) is 3.52. The average Bonchev–Trinajstić information content (AvgIpc) is 3.07. The van der Waals surface area contributed by atoms with Gasteiger partial charge in [0.1, 0.15) is 17.3 Å². The van der Waals surface area contributed by atoms with E-state index in [4.69, 9.17) is 15.5 Å². The normalized spacial score (nSPS) is 10.5. The van der Waals surface area contributed by atoms with E-state index < -0.39 is 5.91 Å². The summed E-state index contributed by atoms with van der Waals surface area (Å²) in [7, 11) is 1.64. The predicted octanol–water partition coefficient (Wildman–Crippen LogP) is -0.161. The van der Waals surface area contributed by atoms with Crippen LogP contribution >= 0.6 is 0 Å². The van der Waals surface area contributed by atoms with E-state index in [1.54, 1.807) is 24.1 Å². The lowest BCUT2D eigenvalue weighted by atomic mass is 10.1. The van der Waals surface area contributed by atoms with Crippen molar-refractivity contribution in [1.29, 1.82) is 0 Å². The Morgan fingerprint density at radius 2 is 1.93 bits per heavy atom. The van der Waals surface area contributed by atoms with Gasteiger partial charge in [0, 0.05) is 11.3 Å². The molecule has 0 unspecified atom stereocenters. The van der Waals surface area contributed by atoms with Crippen LogP contribution in [0.3, 0.4) is 0 Å². The van der Waals surface area contributed by atoms with Crippen LogP contribution in [0.1, 0.15) is 5.56 Å². The number of nitrogens with zero attached hydrogens (tertiary/aromatic N) is 3. The van der Waals surface area contributed by atoms with Crippen LogP contribution in [0.2, 0.25) is 0 Å². The number of aromatic nitrogens is 3. The van der Waals surface area contributed by atoms with Gasteiger partial charge in [-0.05, 0) is 42.8 Å². The second-order valence-corrected chi connectivity index (χ2v) is 6.77. The summed E-state index contributed by atoms with van der Waals surface area (Å²) in [5.41, 5.74) is 9.91. The molecule has 0 saturated heterocycles. The zero-order chi connectivity index (χ0) is 20.4. The number of hydrogen-bond donors (Lipinski definition) is 2. The smallest absolute Gasteiger partial charge is 0.283 e. The minimum absolute atomic E-state index is 0. The molecular formula is C22H22IN5O2. The molecule has 154 valence electrons. The van der Waals surface area contributed by atoms with E-state index in [0.717, 1.165) is 34.1 Å². The number of carbonyl (C=O) groups is 1. The summed E-state index contributed by atoms with van der Waals surface area (Å²) in [4.78, 5) is 16.1. The second kappa shape index (κ2) is 9.12. The highest BCUT2D eigenvalue weighted by Crippen LogP contribution is 2.32. The van der Waals surface area contributed by atoms with Gasteiger partial charge in [0.25, 0.3) is 5.91 Å². The average molecular weight is 515 g/mol. The van der Waals surface area contributed by atoms with Crippen LogP contribution in [0, 0.1) is 6.92 Å². The van der Waals surface area contributed by atoms with Crippen molar-refractivity contribution in [2.75, 3.05) is 12.4 Å². The molecule has 0 aliphatic carbocycles. The number of amides is 1. The van der Waals surface area contributed by atoms with Gasteiger partial charge in [-0.3, -0.25) is 9.20 Å². The number of halogens is 1. The van der Waals surface area contributed by atoms with E-state index in [1.807, 2.05) is 53.1 Å². The molecule has 0 bridgehead atoms. The highest BCUT2D eigenvalue weighted by atomic mass is 127. The van der Waals surface area contributed by atoms with Crippen molar-refractivity contribution in [3.8, 4) is 17.0 Å². The molecule has 30 heavy (non-hydrogen) atoms. The first-order valence-electron chi connectivity index (χ1n) is 9.21. The number of anilines is 2. The molecule has 1 amide bonds. The maximum absolute atomic E-state index is 11.3. The summed E-state index contributed by atoms with van der Waals surface area (Å²) in [6.07, 6.45) is 5.49. The number of nitrogens with two attached hydrogens (primary N) is 1. The molecule has 2 aromatic carbocycles. The Morgan fingerprint density at radius 3 is 2.60 bits per heavy atom. The van der Waals surface area contributed by atoms with Crippen LogP contribution in [-0.2, 0) is 11.3 Å². The number of methoxy groups -OCH3 is 1. The third-order valence-electron chi connectivity index (χ3n) is 4.73. The van der Waals surface area contributed by atoms with Crippen LogP contribution < -0.4 is 44.3 Å². The molecule has 4 rings (SSSR count). The lowest BCUT2D eigenvalue weighted by molar-refractivity contribution is -0.683. The van der Waals surface area contributed by atoms with Crippen LogP contribution in [0.5, 0.6) is 5.75 Å². The fraction of sp³-hybridized carbons (Fsp3) is 0.136. The third-order valence-corrected chi connectivity index (χ3v) is 4.73. The molecule has 0 aliphatic rings. The molecule has 3 N–H and O–H groups in total. The Labute approximate surface area is 191 Å². The van der Waals surface area contributed by atoms with Gasteiger partial charge in [0.15, 0.2) is 6.20 Å². The van der Waals surface area contributed by atoms with Crippen LogP contribution in [0.4, 0.5) is 11.5 Å². The van der Waals surface area contributed by atoms with Crippen LogP contribution in [0.25, 0.3) is 16.9 Å². The van der Waals surface area contributed by atoms with Crippen molar-refractivity contribution in [1.82, 2.24) is 9.38 Å². The Bertz CT molecular complexity index is 1190. The molecule has 0 fully saturated rings. The number of hydrogen-bond acceptors (Lipinski definition) is 4. The van der Waals surface area contributed by atoms with Crippen molar-refractivity contribution in [3.63, 3.8) is 0 Å². The minimum Gasteiger partial charge on any atom is -1.00 e. The second-order valence-electron chi connectivity index (χ2n) is 6.77. The highest BCUT2D eigenvalue weighted by molar-refractivity contribution is 5.80. The highest BCUT2D eigenvalue weighted by Gasteiger charge is 2.18. The number of fused-ring (bicyclic) bond motifs is 1. The standard InChI is InChI=1S/C22H21N5O2.HI/c1-15-5-3-4-6-18(15)24-22-21(16-7-9-17(29-2)10-8-16)25-20-14-26(13-19(23)28)11-12-27(20)22;/h3-12,14H,13H2,1-2H3,(H2,23,28);1H. The SMILES string of the molecule is COc1ccc(-c2nc3c[n+](CC(N)=O)ccn3c2Nc2ccccc2C)cc1.[I-]. The number of aryl methyl sites for hydroxylation is 1. The summed E-state index contributed by atoms with van der Waals surface area (Å²) >= 11 is 0. The fourth-order valence-corrected chi connectivity index (χ4v) is 3.22. The summed E-state index contributed by atoms with van der Waals surface area (Å²) in [5.74, 6) is 1.22. The molecule has 2 heterocycles. The van der Waals surface area contributed by atoms with Crippen molar-refractivity contribution in [2.45, 2.75) is 13.5 Å². The van der Waals surface area contributed by atoms with Crippen LogP contribution in [0.15, 0.2) is 67.1 Å². The van der Waals surface area contributed by atoms with E-state index >= 15 is 0 Å². The van der Waals surface area contributed by atoms with Gasteiger partial charge in [-0.15, -0.1) is 0 Å². The zero-order valence-electron chi connectivity index (χ0n) is 16.7. The van der Waals surface area contributed by atoms with Gasteiger partial charge in [-0.1, -0.05) is 18.2 Å². The largest absolute Gasteiger partial charge is 1.00 e. The predicted molar refractivity (Wildman–Crippen MR) is 111 cm³/mol. The van der Waals surface area contributed by atoms with E-state index in [9.17, 15) is 4.79 Å². The molecule has 7 nitrogen and oxygen atoms in total. The van der Waals surface area contributed by atoms with Gasteiger partial charge in [-0.25, -0.2) is 4.98 Å². The van der Waals surface area contributed by atoms with E-state index in [-0.39, 0.29) is 30.5 Å². The number of primary amides is 1. The Kier molecular flexibility index (Phi) is 6.56. The molecule has 0 radical (unpaired) electrons. The van der Waals surface area contributed by atoms with Crippen molar-refractivity contribution in [3.05, 3.63) is 72.7 Å². The topological polar surface area (TPSA) is 85.5 Å². The summed E-state index contributed by atoms with van der Waals surface area (Å²) < 4.78 is 8.95. The lowest BCUT2D eigenvalue weighted by Crippen LogP contribution is -3.00. The molecule has 4 aromatic rings. The van der Waals surface area contributed by atoms with E-state index in [1.165, 1.54) is 0 Å². The van der Waals surface area contributed by atoms with E-state index in [0.29, 0.717) is 5.65 Å². The van der Waals surface area contributed by atoms with Crippen molar-refractivity contribution < 1.29 is 38.1 Å². The third kappa shape index (κ3) is 4.38. The molecule has 8 heteroatoms. The number of benzene rings is 2. The molecule has 0 saturated carbocycles. The summed E-state index contributed by atoms with van der Waals surface area (Å²) in [6, 6.07) is 15.8. The number of carbonyl (C=O) groups excluding carboxylic acids is 1. The molecule has 0 spiro atoms. The lowest BCUT2D eigenvalue weighted by Gasteiger charge is -2.11. The first-order chi connectivity index (χ1) is 14.0. The number of ether oxygens (including phenoxy) is 1. The van der Waals surface area contributed by atoms with Gasteiger partial charge >= 0.3 is 0 Å². The number of rotatable bonds is 6. The quantitative estimate of drug-likeness (QED) is 0.276. The maximum Gasteiger partial charge on any atom is 0.283 e. The Balaban J connectivity index is 0.00000256. The van der Waals surface area contributed by atoms with E-state index in [2.05, 4.69) is 18.3 Å². The molecule has 2 aromatic heterocycles. The van der Waals surface area contributed by atoms with Gasteiger partial charge < -0.3 is 39.8 Å². The van der Waals surface area contributed by atoms with Gasteiger partial charge in [0.2, 0.25) is 18.4 Å². The number of nitrogens with one attached hydrogen (secondary N) is 1. The molecule has 0 aliphatic heterocycles. The first-order valence-corrected chi connectivity index (χ1v) is 9.21. The van der Waals surface area contributed by atoms with Gasteiger partial charge in [0.05, 0.1) is 13.3 Å². The monoisotopic (exact) mass is 515 g/mol. The van der Waals surface area contributed by atoms with Crippen molar-refractivity contribution >= 4 is 23.1 Å². The van der Waals surface area contributed by atoms with Crippen molar-refractivity contribution in [2.24, 2.45) is 5.73 Å². The minimum atomic E-state index is -0.403. The van der Waals surface area contributed by atoms with Gasteiger partial charge in [-0.2, -0.15) is 4.57 Å². The first kappa shape index (κ1) is 21.6. The van der Waals surface area contributed by atoms with Crippen LogP contribution in [-0.4, -0.2) is 22.4 Å².